The van der Waals surface area contributed by atoms with E-state index in [0.717, 1.165) is 23.2 Å². The van der Waals surface area contributed by atoms with Crippen molar-refractivity contribution in [2.45, 2.75) is 12.8 Å². The normalized spacial score (nSPS) is 13.4. The molecule has 1 aliphatic heterocycles. The number of primary amides is 1. The Morgan fingerprint density at radius 1 is 1.05 bits per heavy atom. The molecule has 3 N–H and O–H groups in total. The Bertz CT molecular complexity index is 652. The summed E-state index contributed by atoms with van der Waals surface area (Å²) in [6, 6.07) is 12.3. The SMILES string of the molecule is NC(=O)N1c2ccccc2CCc2c(O)cccc21. The Labute approximate surface area is 111 Å². The van der Waals surface area contributed by atoms with Crippen molar-refractivity contribution in [3.05, 3.63) is 53.6 Å². The number of phenols is 1. The number of aryl methyl sites for hydroxylation is 1. The summed E-state index contributed by atoms with van der Waals surface area (Å²) in [5.41, 5.74) is 8.79. The van der Waals surface area contributed by atoms with Crippen LogP contribution >= 0.6 is 0 Å². The van der Waals surface area contributed by atoms with Crippen molar-refractivity contribution in [2.24, 2.45) is 5.73 Å². The van der Waals surface area contributed by atoms with Gasteiger partial charge in [0.1, 0.15) is 5.75 Å². The summed E-state index contributed by atoms with van der Waals surface area (Å²) in [6.07, 6.45) is 1.45. The molecular weight excluding hydrogens is 240 g/mol. The summed E-state index contributed by atoms with van der Waals surface area (Å²) < 4.78 is 0. The first-order valence-corrected chi connectivity index (χ1v) is 6.17. The molecule has 2 amide bonds. The van der Waals surface area contributed by atoms with Gasteiger partial charge in [-0.15, -0.1) is 0 Å². The molecule has 0 unspecified atom stereocenters. The van der Waals surface area contributed by atoms with Gasteiger partial charge in [0.15, 0.2) is 0 Å². The third-order valence-electron chi connectivity index (χ3n) is 3.46. The minimum Gasteiger partial charge on any atom is -0.508 e. The lowest BCUT2D eigenvalue weighted by Gasteiger charge is -2.22. The van der Waals surface area contributed by atoms with E-state index in [4.69, 9.17) is 5.73 Å². The number of carbonyl (C=O) groups is 1. The van der Waals surface area contributed by atoms with E-state index in [1.807, 2.05) is 30.3 Å². The van der Waals surface area contributed by atoms with Gasteiger partial charge < -0.3 is 10.8 Å². The fourth-order valence-electron chi connectivity index (χ4n) is 2.60. The third-order valence-corrected chi connectivity index (χ3v) is 3.46. The highest BCUT2D eigenvalue weighted by Crippen LogP contribution is 2.39. The molecule has 2 aromatic rings. The van der Waals surface area contributed by atoms with E-state index in [-0.39, 0.29) is 5.75 Å². The summed E-state index contributed by atoms with van der Waals surface area (Å²) in [4.78, 5) is 13.3. The molecule has 1 aliphatic rings. The number of benzene rings is 2. The number of fused-ring (bicyclic) bond motifs is 2. The number of carbonyl (C=O) groups excluding carboxylic acids is 1. The van der Waals surface area contributed by atoms with Gasteiger partial charge in [-0.3, -0.25) is 4.90 Å². The number of amides is 2. The third kappa shape index (κ3) is 1.81. The van der Waals surface area contributed by atoms with Crippen LogP contribution in [0.2, 0.25) is 0 Å². The molecule has 0 atom stereocenters. The maximum absolute atomic E-state index is 11.8. The van der Waals surface area contributed by atoms with Gasteiger partial charge in [-0.25, -0.2) is 4.79 Å². The number of urea groups is 1. The number of nitrogens with two attached hydrogens (primary N) is 1. The molecular formula is C15H14N2O2. The molecule has 1 heterocycles. The van der Waals surface area contributed by atoms with Crippen LogP contribution in [0.15, 0.2) is 42.5 Å². The summed E-state index contributed by atoms with van der Waals surface area (Å²) in [5.74, 6) is 0.205. The van der Waals surface area contributed by atoms with Crippen LogP contribution in [0.5, 0.6) is 5.75 Å². The highest BCUT2D eigenvalue weighted by molar-refractivity contribution is 6.00. The average Bonchev–Trinajstić information content (AvgIpc) is 2.56. The molecule has 0 spiro atoms. The molecule has 4 heteroatoms. The molecule has 0 radical (unpaired) electrons. The number of hydrogen-bond donors (Lipinski definition) is 2. The molecule has 2 aromatic carbocycles. The van der Waals surface area contributed by atoms with E-state index in [1.54, 1.807) is 12.1 Å². The van der Waals surface area contributed by atoms with Crippen LogP contribution in [0.1, 0.15) is 11.1 Å². The van der Waals surface area contributed by atoms with E-state index >= 15 is 0 Å². The number of phenolic OH excluding ortho intramolecular Hbond substituents is 1. The number of rotatable bonds is 0. The van der Waals surface area contributed by atoms with E-state index < -0.39 is 6.03 Å². The van der Waals surface area contributed by atoms with Crippen molar-refractivity contribution in [3.63, 3.8) is 0 Å². The van der Waals surface area contributed by atoms with E-state index in [0.29, 0.717) is 12.1 Å². The van der Waals surface area contributed by atoms with Crippen molar-refractivity contribution >= 4 is 17.4 Å². The number of hydrogen-bond acceptors (Lipinski definition) is 2. The first-order valence-electron chi connectivity index (χ1n) is 6.17. The monoisotopic (exact) mass is 254 g/mol. The molecule has 96 valence electrons. The van der Waals surface area contributed by atoms with Gasteiger partial charge in [0, 0.05) is 5.56 Å². The van der Waals surface area contributed by atoms with Gasteiger partial charge in [0.2, 0.25) is 0 Å². The Kier molecular flexibility index (Phi) is 2.63. The van der Waals surface area contributed by atoms with Gasteiger partial charge >= 0.3 is 6.03 Å². The fourth-order valence-corrected chi connectivity index (χ4v) is 2.60. The molecule has 0 saturated carbocycles. The van der Waals surface area contributed by atoms with Gasteiger partial charge in [-0.1, -0.05) is 24.3 Å². The van der Waals surface area contributed by atoms with Crippen LogP contribution < -0.4 is 10.6 Å². The van der Waals surface area contributed by atoms with Crippen LogP contribution in [0.4, 0.5) is 16.2 Å². The Morgan fingerprint density at radius 3 is 2.58 bits per heavy atom. The van der Waals surface area contributed by atoms with Gasteiger partial charge in [-0.05, 0) is 36.6 Å². The standard InChI is InChI=1S/C15H14N2O2/c16-15(19)17-12-5-2-1-4-10(12)8-9-11-13(17)6-3-7-14(11)18/h1-7,18H,8-9H2,(H2,16,19). The van der Waals surface area contributed by atoms with Crippen molar-refractivity contribution in [2.75, 3.05) is 4.90 Å². The topological polar surface area (TPSA) is 66.6 Å². The fraction of sp³-hybridized carbons (Fsp3) is 0.133. The summed E-state index contributed by atoms with van der Waals surface area (Å²) in [5, 5.41) is 9.98. The first kappa shape index (κ1) is 11.6. The largest absolute Gasteiger partial charge is 0.508 e. The summed E-state index contributed by atoms with van der Waals surface area (Å²) >= 11 is 0. The Hall–Kier alpha value is -2.49. The molecule has 0 saturated heterocycles. The lowest BCUT2D eigenvalue weighted by molar-refractivity contribution is 0.256. The first-order chi connectivity index (χ1) is 9.18. The minimum atomic E-state index is -0.541. The smallest absolute Gasteiger partial charge is 0.323 e. The zero-order chi connectivity index (χ0) is 13.4. The Balaban J connectivity index is 2.27. The minimum absolute atomic E-state index is 0.205. The van der Waals surface area contributed by atoms with Gasteiger partial charge in [0.25, 0.3) is 0 Å². The lowest BCUT2D eigenvalue weighted by Crippen LogP contribution is -2.32. The second-order valence-corrected chi connectivity index (χ2v) is 4.58. The highest BCUT2D eigenvalue weighted by atomic mass is 16.3. The highest BCUT2D eigenvalue weighted by Gasteiger charge is 2.25. The molecule has 4 nitrogen and oxygen atoms in total. The van der Waals surface area contributed by atoms with Crippen LogP contribution in [0.3, 0.4) is 0 Å². The van der Waals surface area contributed by atoms with Crippen LogP contribution in [-0.4, -0.2) is 11.1 Å². The summed E-state index contributed by atoms with van der Waals surface area (Å²) in [6.45, 7) is 0. The van der Waals surface area contributed by atoms with Gasteiger partial charge in [-0.2, -0.15) is 0 Å². The predicted molar refractivity (Wildman–Crippen MR) is 73.7 cm³/mol. The second-order valence-electron chi connectivity index (χ2n) is 4.58. The molecule has 0 aliphatic carbocycles. The number of nitrogens with zero attached hydrogens (tertiary/aromatic N) is 1. The Morgan fingerprint density at radius 2 is 1.79 bits per heavy atom. The van der Waals surface area contributed by atoms with E-state index in [9.17, 15) is 9.90 Å². The predicted octanol–water partition coefficient (Wildman–Crippen LogP) is 2.71. The number of anilines is 2. The van der Waals surface area contributed by atoms with Gasteiger partial charge in [0.05, 0.1) is 11.4 Å². The van der Waals surface area contributed by atoms with Crippen LogP contribution in [-0.2, 0) is 12.8 Å². The maximum Gasteiger partial charge on any atom is 0.323 e. The molecule has 0 aromatic heterocycles. The van der Waals surface area contributed by atoms with E-state index in [1.165, 1.54) is 4.90 Å². The van der Waals surface area contributed by atoms with E-state index in [2.05, 4.69) is 0 Å². The van der Waals surface area contributed by atoms with Crippen LogP contribution in [0, 0.1) is 0 Å². The maximum atomic E-state index is 11.8. The van der Waals surface area contributed by atoms with Crippen molar-refractivity contribution in [1.82, 2.24) is 0 Å². The molecule has 0 bridgehead atoms. The second kappa shape index (κ2) is 4.31. The average molecular weight is 254 g/mol. The van der Waals surface area contributed by atoms with Crippen LogP contribution in [0.25, 0.3) is 0 Å². The molecule has 0 fully saturated rings. The number of para-hydroxylation sites is 1. The quantitative estimate of drug-likeness (QED) is 0.759. The number of aromatic hydroxyl groups is 1. The lowest BCUT2D eigenvalue weighted by atomic mass is 10.0. The zero-order valence-electron chi connectivity index (χ0n) is 10.3. The molecule has 19 heavy (non-hydrogen) atoms. The van der Waals surface area contributed by atoms with Crippen molar-refractivity contribution in [1.29, 1.82) is 0 Å². The zero-order valence-corrected chi connectivity index (χ0v) is 10.3. The van der Waals surface area contributed by atoms with Crippen molar-refractivity contribution < 1.29 is 9.90 Å². The van der Waals surface area contributed by atoms with Crippen molar-refractivity contribution in [3.8, 4) is 5.75 Å². The summed E-state index contributed by atoms with van der Waals surface area (Å²) in [7, 11) is 0. The molecule has 3 rings (SSSR count).